The van der Waals surface area contributed by atoms with Crippen molar-refractivity contribution >= 4 is 56.6 Å². The summed E-state index contributed by atoms with van der Waals surface area (Å²) in [5.74, 6) is 0.375. The van der Waals surface area contributed by atoms with Gasteiger partial charge in [-0.15, -0.1) is 5.10 Å². The zero-order chi connectivity index (χ0) is 27.3. The van der Waals surface area contributed by atoms with E-state index in [0.29, 0.717) is 41.9 Å². The Balaban J connectivity index is 1.08. The van der Waals surface area contributed by atoms with Gasteiger partial charge in [0.1, 0.15) is 17.1 Å². The van der Waals surface area contributed by atoms with Crippen molar-refractivity contribution in [3.63, 3.8) is 0 Å². The van der Waals surface area contributed by atoms with Crippen LogP contribution in [0.3, 0.4) is 0 Å². The lowest BCUT2D eigenvalue weighted by Crippen LogP contribution is -2.51. The SMILES string of the molecule is Cc1cc(N2CC(C(=O)N3CC(c4ocnc4Cn4cc(-c5cc(Cl)cc(Cl)c5)nn4)C3)CC2=O)ccc1Br. The van der Waals surface area contributed by atoms with Crippen molar-refractivity contribution in [2.45, 2.75) is 25.8 Å². The molecule has 0 radical (unpaired) electrons. The van der Waals surface area contributed by atoms with Gasteiger partial charge in [-0.3, -0.25) is 9.59 Å². The van der Waals surface area contributed by atoms with Crippen molar-refractivity contribution < 1.29 is 14.0 Å². The number of oxazole rings is 1. The van der Waals surface area contributed by atoms with Crippen LogP contribution in [0.4, 0.5) is 5.69 Å². The summed E-state index contributed by atoms with van der Waals surface area (Å²) >= 11 is 15.7. The van der Waals surface area contributed by atoms with E-state index in [1.165, 1.54) is 6.39 Å². The van der Waals surface area contributed by atoms with E-state index in [1.54, 1.807) is 38.9 Å². The highest BCUT2D eigenvalue weighted by Gasteiger charge is 2.42. The molecule has 2 fully saturated rings. The van der Waals surface area contributed by atoms with Gasteiger partial charge in [0.2, 0.25) is 11.8 Å². The van der Waals surface area contributed by atoms with E-state index < -0.39 is 0 Å². The Hall–Kier alpha value is -3.21. The summed E-state index contributed by atoms with van der Waals surface area (Å²) in [4.78, 5) is 33.8. The van der Waals surface area contributed by atoms with E-state index in [9.17, 15) is 9.59 Å². The van der Waals surface area contributed by atoms with Gasteiger partial charge in [-0.05, 0) is 48.9 Å². The van der Waals surface area contributed by atoms with Gasteiger partial charge in [0.15, 0.2) is 6.39 Å². The van der Waals surface area contributed by atoms with E-state index >= 15 is 0 Å². The number of hydrogen-bond donors (Lipinski definition) is 0. The molecule has 0 spiro atoms. The Morgan fingerprint density at radius 1 is 1.13 bits per heavy atom. The predicted molar refractivity (Wildman–Crippen MR) is 150 cm³/mol. The number of rotatable bonds is 6. The van der Waals surface area contributed by atoms with Gasteiger partial charge in [-0.2, -0.15) is 0 Å². The van der Waals surface area contributed by atoms with Gasteiger partial charge in [-0.25, -0.2) is 9.67 Å². The molecule has 12 heteroatoms. The third-order valence-corrected chi connectivity index (χ3v) is 8.50. The van der Waals surface area contributed by atoms with Crippen molar-refractivity contribution in [3.05, 3.63) is 80.5 Å². The van der Waals surface area contributed by atoms with Crippen LogP contribution in [0.5, 0.6) is 0 Å². The Morgan fingerprint density at radius 2 is 1.90 bits per heavy atom. The second kappa shape index (κ2) is 10.4. The zero-order valence-corrected chi connectivity index (χ0v) is 23.9. The van der Waals surface area contributed by atoms with E-state index in [0.717, 1.165) is 32.7 Å². The van der Waals surface area contributed by atoms with Gasteiger partial charge in [0, 0.05) is 51.8 Å². The van der Waals surface area contributed by atoms with E-state index in [-0.39, 0.29) is 30.1 Å². The molecule has 0 bridgehead atoms. The maximum atomic E-state index is 13.2. The standard InChI is InChI=1S/C27H23BrCl2N6O3/c1-15-4-21(2-3-22(15)28)36-11-17(7-25(36)37)27(38)34-9-18(10-34)26-24(31-14-39-26)13-35-12-23(32-33-35)16-5-19(29)8-20(30)6-16/h2-6,8,12,14,17-18H,7,9-11,13H2,1H3. The normalized spacial score (nSPS) is 17.6. The third kappa shape index (κ3) is 5.20. The number of hydrogen-bond acceptors (Lipinski definition) is 6. The molecule has 39 heavy (non-hydrogen) atoms. The summed E-state index contributed by atoms with van der Waals surface area (Å²) in [5.41, 5.74) is 4.01. The summed E-state index contributed by atoms with van der Waals surface area (Å²) in [5, 5.41) is 9.48. The molecule has 1 atom stereocenters. The lowest BCUT2D eigenvalue weighted by Gasteiger charge is -2.39. The smallest absolute Gasteiger partial charge is 0.228 e. The highest BCUT2D eigenvalue weighted by Crippen LogP contribution is 2.34. The van der Waals surface area contributed by atoms with Crippen molar-refractivity contribution in [1.29, 1.82) is 0 Å². The van der Waals surface area contributed by atoms with Crippen LogP contribution in [0.2, 0.25) is 10.0 Å². The second-order valence-corrected chi connectivity index (χ2v) is 11.6. The molecule has 6 rings (SSSR count). The summed E-state index contributed by atoms with van der Waals surface area (Å²) in [6.07, 6.45) is 3.43. The fraction of sp³-hybridized carbons (Fsp3) is 0.296. The molecule has 2 aliphatic heterocycles. The molecule has 2 aromatic carbocycles. The number of anilines is 1. The number of aromatic nitrogens is 4. The fourth-order valence-electron chi connectivity index (χ4n) is 5.09. The molecule has 2 aromatic heterocycles. The van der Waals surface area contributed by atoms with Crippen LogP contribution in [0.15, 0.2) is 57.9 Å². The average molecular weight is 630 g/mol. The van der Waals surface area contributed by atoms with Crippen LogP contribution in [0.1, 0.15) is 29.4 Å². The van der Waals surface area contributed by atoms with Crippen molar-refractivity contribution in [3.8, 4) is 11.3 Å². The molecule has 2 saturated heterocycles. The summed E-state index contributed by atoms with van der Waals surface area (Å²) < 4.78 is 8.38. The first-order chi connectivity index (χ1) is 18.7. The zero-order valence-electron chi connectivity index (χ0n) is 20.9. The van der Waals surface area contributed by atoms with E-state index in [1.807, 2.05) is 25.1 Å². The first-order valence-electron chi connectivity index (χ1n) is 12.4. The van der Waals surface area contributed by atoms with Gasteiger partial charge in [-0.1, -0.05) is 44.3 Å². The van der Waals surface area contributed by atoms with Crippen LogP contribution in [0, 0.1) is 12.8 Å². The van der Waals surface area contributed by atoms with Crippen LogP contribution in [-0.2, 0) is 16.1 Å². The Bertz CT molecular complexity index is 1560. The number of aryl methyl sites for hydroxylation is 1. The van der Waals surface area contributed by atoms with Crippen LogP contribution in [-0.4, -0.2) is 56.3 Å². The van der Waals surface area contributed by atoms with Crippen molar-refractivity contribution in [2.75, 3.05) is 24.5 Å². The molecular formula is C27H23BrCl2N6O3. The Morgan fingerprint density at radius 3 is 2.64 bits per heavy atom. The highest BCUT2D eigenvalue weighted by atomic mass is 79.9. The number of likely N-dealkylation sites (tertiary alicyclic amines) is 1. The summed E-state index contributed by atoms with van der Waals surface area (Å²) in [6, 6.07) is 11.0. The molecular weight excluding hydrogens is 607 g/mol. The van der Waals surface area contributed by atoms with Gasteiger partial charge in [0.25, 0.3) is 0 Å². The molecule has 0 aliphatic carbocycles. The number of carbonyl (C=O) groups is 2. The first-order valence-corrected chi connectivity index (χ1v) is 13.9. The minimum Gasteiger partial charge on any atom is -0.448 e. The molecule has 4 aromatic rings. The highest BCUT2D eigenvalue weighted by molar-refractivity contribution is 9.10. The maximum Gasteiger partial charge on any atom is 0.228 e. The molecule has 0 saturated carbocycles. The minimum atomic E-state index is -0.356. The van der Waals surface area contributed by atoms with Gasteiger partial charge >= 0.3 is 0 Å². The van der Waals surface area contributed by atoms with Crippen molar-refractivity contribution in [2.24, 2.45) is 5.92 Å². The average Bonchev–Trinajstić information content (AvgIpc) is 3.60. The molecule has 4 heterocycles. The number of halogens is 3. The lowest BCUT2D eigenvalue weighted by atomic mass is 9.93. The Labute approximate surface area is 242 Å². The summed E-state index contributed by atoms with van der Waals surface area (Å²) in [7, 11) is 0. The number of amides is 2. The quantitative estimate of drug-likeness (QED) is 0.286. The largest absolute Gasteiger partial charge is 0.448 e. The molecule has 9 nitrogen and oxygen atoms in total. The van der Waals surface area contributed by atoms with Crippen molar-refractivity contribution in [1.82, 2.24) is 24.9 Å². The molecule has 0 N–H and O–H groups in total. The second-order valence-electron chi connectivity index (χ2n) is 9.90. The lowest BCUT2D eigenvalue weighted by molar-refractivity contribution is -0.140. The van der Waals surface area contributed by atoms with E-state index in [4.69, 9.17) is 27.6 Å². The Kier molecular flexibility index (Phi) is 6.95. The topological polar surface area (TPSA) is 97.4 Å². The number of carbonyl (C=O) groups excluding carboxylic acids is 2. The van der Waals surface area contributed by atoms with Gasteiger partial charge in [0.05, 0.1) is 24.6 Å². The first kappa shape index (κ1) is 26.0. The summed E-state index contributed by atoms with van der Waals surface area (Å²) in [6.45, 7) is 3.78. The number of benzene rings is 2. The van der Waals surface area contributed by atoms with E-state index in [2.05, 4.69) is 31.2 Å². The molecule has 2 amide bonds. The predicted octanol–water partition coefficient (Wildman–Crippen LogP) is 5.34. The van der Waals surface area contributed by atoms with Gasteiger partial charge < -0.3 is 14.2 Å². The monoisotopic (exact) mass is 628 g/mol. The van der Waals surface area contributed by atoms with Crippen LogP contribution >= 0.6 is 39.1 Å². The van der Waals surface area contributed by atoms with Crippen LogP contribution < -0.4 is 4.90 Å². The van der Waals surface area contributed by atoms with Crippen LogP contribution in [0.25, 0.3) is 11.3 Å². The fourth-order valence-corrected chi connectivity index (χ4v) is 5.87. The molecule has 2 aliphatic rings. The molecule has 1 unspecified atom stereocenters. The minimum absolute atomic E-state index is 0.00176. The third-order valence-electron chi connectivity index (χ3n) is 7.17. The molecule has 200 valence electrons. The number of nitrogens with zero attached hydrogens (tertiary/aromatic N) is 6. The maximum absolute atomic E-state index is 13.2.